The lowest BCUT2D eigenvalue weighted by molar-refractivity contribution is 0.104. The fourth-order valence-corrected chi connectivity index (χ4v) is 4.05. The van der Waals surface area contributed by atoms with Crippen LogP contribution in [0.25, 0.3) is 16.8 Å². The molecule has 0 saturated carbocycles. The van der Waals surface area contributed by atoms with Crippen molar-refractivity contribution < 1.29 is 22.0 Å². The fourth-order valence-electron chi connectivity index (χ4n) is 2.92. The molecule has 0 amide bonds. The summed E-state index contributed by atoms with van der Waals surface area (Å²) in [5.74, 6) is -3.80. The molecule has 11 heteroatoms. The summed E-state index contributed by atoms with van der Waals surface area (Å²) in [4.78, 5) is 17.0. The predicted octanol–water partition coefficient (Wildman–Crippen LogP) is 3.08. The van der Waals surface area contributed by atoms with Gasteiger partial charge in [-0.05, 0) is 30.7 Å². The number of carbonyl (C=O) groups is 1. The molecule has 0 fully saturated rings. The zero-order chi connectivity index (χ0) is 22.6. The van der Waals surface area contributed by atoms with E-state index in [-0.39, 0.29) is 16.9 Å². The van der Waals surface area contributed by atoms with Crippen LogP contribution in [-0.4, -0.2) is 35.1 Å². The molecule has 31 heavy (non-hydrogen) atoms. The molecule has 1 aromatic carbocycles. The van der Waals surface area contributed by atoms with Crippen molar-refractivity contribution in [2.75, 3.05) is 10.5 Å². The summed E-state index contributed by atoms with van der Waals surface area (Å²) in [7, 11) is -3.85. The second kappa shape index (κ2) is 9.04. The van der Waals surface area contributed by atoms with Gasteiger partial charge in [-0.15, -0.1) is 0 Å². The first kappa shape index (κ1) is 22.1. The Kier molecular flexibility index (Phi) is 6.44. The zero-order valence-corrected chi connectivity index (χ0v) is 17.2. The first-order valence-electron chi connectivity index (χ1n) is 9.17. The molecule has 3 aromatic rings. The SMILES string of the molecule is CCCS(=O)(=O)Nc1ccc(F)c(C(=O)/C(=C/N)c2cncc(-c3ccn[nH]3)c2)c1F. The van der Waals surface area contributed by atoms with E-state index in [2.05, 4.69) is 15.2 Å². The van der Waals surface area contributed by atoms with Crippen molar-refractivity contribution in [3.63, 3.8) is 0 Å². The van der Waals surface area contributed by atoms with Crippen molar-refractivity contribution in [1.29, 1.82) is 0 Å². The van der Waals surface area contributed by atoms with Crippen LogP contribution in [0, 0.1) is 11.6 Å². The number of ketones is 1. The molecule has 162 valence electrons. The van der Waals surface area contributed by atoms with E-state index in [1.54, 1.807) is 19.1 Å². The van der Waals surface area contributed by atoms with E-state index >= 15 is 0 Å². The van der Waals surface area contributed by atoms with Crippen LogP contribution in [0.15, 0.2) is 49.1 Å². The predicted molar refractivity (Wildman–Crippen MR) is 112 cm³/mol. The van der Waals surface area contributed by atoms with Gasteiger partial charge in [-0.2, -0.15) is 5.10 Å². The summed E-state index contributed by atoms with van der Waals surface area (Å²) < 4.78 is 55.4. The zero-order valence-electron chi connectivity index (χ0n) is 16.4. The number of nitrogens with two attached hydrogens (primary N) is 1. The van der Waals surface area contributed by atoms with Gasteiger partial charge in [0.05, 0.1) is 22.7 Å². The van der Waals surface area contributed by atoms with Crippen molar-refractivity contribution in [2.45, 2.75) is 13.3 Å². The number of aromatic nitrogens is 3. The molecule has 4 N–H and O–H groups in total. The number of allylic oxidation sites excluding steroid dienone is 1. The van der Waals surface area contributed by atoms with Crippen molar-refractivity contribution in [2.24, 2.45) is 5.73 Å². The largest absolute Gasteiger partial charge is 0.404 e. The Morgan fingerprint density at radius 1 is 1.26 bits per heavy atom. The maximum absolute atomic E-state index is 15.0. The number of hydrogen-bond acceptors (Lipinski definition) is 6. The first-order chi connectivity index (χ1) is 14.8. The molecule has 0 saturated heterocycles. The molecule has 3 rings (SSSR count). The molecule has 0 aliphatic heterocycles. The highest BCUT2D eigenvalue weighted by molar-refractivity contribution is 7.92. The standard InChI is InChI=1S/C20H19F2N5O3S/c1-2-7-31(29,30)27-17-4-3-15(21)18(19(17)22)20(28)14(9-23)12-8-13(11-24-10-12)16-5-6-25-26-16/h3-6,8-11,27H,2,7,23H2,1H3,(H,25,26)/b14-9+. The first-order valence-corrected chi connectivity index (χ1v) is 10.8. The number of pyridine rings is 1. The molecule has 2 aromatic heterocycles. The molecule has 0 radical (unpaired) electrons. The monoisotopic (exact) mass is 447 g/mol. The second-order valence-electron chi connectivity index (χ2n) is 6.55. The van der Waals surface area contributed by atoms with E-state index in [9.17, 15) is 22.0 Å². The number of nitrogens with zero attached hydrogens (tertiary/aromatic N) is 2. The quantitative estimate of drug-likeness (QED) is 0.359. The molecule has 0 spiro atoms. The number of sulfonamides is 1. The summed E-state index contributed by atoms with van der Waals surface area (Å²) in [5, 5.41) is 6.58. The Labute approximate surface area is 177 Å². The van der Waals surface area contributed by atoms with Gasteiger partial charge in [-0.25, -0.2) is 17.2 Å². The van der Waals surface area contributed by atoms with E-state index in [1.807, 2.05) is 4.72 Å². The number of aromatic amines is 1. The number of halogens is 2. The number of H-pyrrole nitrogens is 1. The van der Waals surface area contributed by atoms with Crippen LogP contribution >= 0.6 is 0 Å². The number of anilines is 1. The Morgan fingerprint density at radius 3 is 2.68 bits per heavy atom. The number of carbonyl (C=O) groups excluding carboxylic acids is 1. The molecule has 0 atom stereocenters. The van der Waals surface area contributed by atoms with Crippen LogP contribution < -0.4 is 10.5 Å². The van der Waals surface area contributed by atoms with Crippen molar-refractivity contribution in [1.82, 2.24) is 15.2 Å². The minimum atomic E-state index is -3.85. The third-order valence-electron chi connectivity index (χ3n) is 4.33. The smallest absolute Gasteiger partial charge is 0.232 e. The Morgan fingerprint density at radius 2 is 2.03 bits per heavy atom. The number of nitrogens with one attached hydrogen (secondary N) is 2. The van der Waals surface area contributed by atoms with Gasteiger partial charge in [-0.3, -0.25) is 19.6 Å². The van der Waals surface area contributed by atoms with Crippen LogP contribution in [-0.2, 0) is 10.0 Å². The average Bonchev–Trinajstić information content (AvgIpc) is 3.26. The van der Waals surface area contributed by atoms with Gasteiger partial charge in [-0.1, -0.05) is 6.92 Å². The topological polar surface area (TPSA) is 131 Å². The van der Waals surface area contributed by atoms with Gasteiger partial charge in [0.1, 0.15) is 5.82 Å². The lowest BCUT2D eigenvalue weighted by atomic mass is 9.96. The second-order valence-corrected chi connectivity index (χ2v) is 8.39. The molecule has 8 nitrogen and oxygen atoms in total. The molecular weight excluding hydrogens is 428 g/mol. The third kappa shape index (κ3) is 4.77. The van der Waals surface area contributed by atoms with Crippen molar-refractivity contribution in [3.8, 4) is 11.3 Å². The molecule has 0 bridgehead atoms. The molecule has 0 aliphatic rings. The Bertz CT molecular complexity index is 1240. The average molecular weight is 447 g/mol. The maximum Gasteiger partial charge on any atom is 0.232 e. The highest BCUT2D eigenvalue weighted by Crippen LogP contribution is 2.29. The molecule has 0 aliphatic carbocycles. The minimum absolute atomic E-state index is 0.208. The Hall–Kier alpha value is -3.60. The van der Waals surface area contributed by atoms with Crippen LogP contribution in [0.5, 0.6) is 0 Å². The van der Waals surface area contributed by atoms with Crippen molar-refractivity contribution in [3.05, 3.63) is 71.8 Å². The number of hydrogen-bond donors (Lipinski definition) is 3. The van der Waals surface area contributed by atoms with Gasteiger partial charge < -0.3 is 5.73 Å². The third-order valence-corrected chi connectivity index (χ3v) is 5.81. The van der Waals surface area contributed by atoms with Gasteiger partial charge in [0.15, 0.2) is 5.82 Å². The fraction of sp³-hybridized carbons (Fsp3) is 0.150. The molecule has 0 unspecified atom stereocenters. The summed E-state index contributed by atoms with van der Waals surface area (Å²) in [5.41, 5.74) is 5.34. The van der Waals surface area contributed by atoms with E-state index < -0.39 is 38.7 Å². The van der Waals surface area contributed by atoms with E-state index in [0.717, 1.165) is 18.3 Å². The highest BCUT2D eigenvalue weighted by atomic mass is 32.2. The van der Waals surface area contributed by atoms with Gasteiger partial charge in [0.2, 0.25) is 15.8 Å². The summed E-state index contributed by atoms with van der Waals surface area (Å²) in [6, 6.07) is 4.97. The van der Waals surface area contributed by atoms with Gasteiger partial charge >= 0.3 is 0 Å². The van der Waals surface area contributed by atoms with E-state index in [0.29, 0.717) is 17.7 Å². The van der Waals surface area contributed by atoms with Gasteiger partial charge in [0, 0.05) is 41.5 Å². The summed E-state index contributed by atoms with van der Waals surface area (Å²) >= 11 is 0. The lowest BCUT2D eigenvalue weighted by Crippen LogP contribution is -2.19. The summed E-state index contributed by atoms with van der Waals surface area (Å²) in [6.07, 6.45) is 5.58. The maximum atomic E-state index is 15.0. The lowest BCUT2D eigenvalue weighted by Gasteiger charge is -2.13. The Balaban J connectivity index is 2.02. The summed E-state index contributed by atoms with van der Waals surface area (Å²) in [6.45, 7) is 1.64. The van der Waals surface area contributed by atoms with Gasteiger partial charge in [0.25, 0.3) is 0 Å². The van der Waals surface area contributed by atoms with Crippen LogP contribution in [0.2, 0.25) is 0 Å². The minimum Gasteiger partial charge on any atom is -0.404 e. The van der Waals surface area contributed by atoms with Crippen LogP contribution in [0.4, 0.5) is 14.5 Å². The number of benzene rings is 1. The highest BCUT2D eigenvalue weighted by Gasteiger charge is 2.26. The normalized spacial score (nSPS) is 12.0. The number of rotatable bonds is 8. The van der Waals surface area contributed by atoms with Crippen LogP contribution in [0.1, 0.15) is 29.3 Å². The van der Waals surface area contributed by atoms with E-state index in [4.69, 9.17) is 5.73 Å². The van der Waals surface area contributed by atoms with Crippen molar-refractivity contribution >= 4 is 27.1 Å². The van der Waals surface area contributed by atoms with E-state index in [1.165, 1.54) is 18.6 Å². The number of Topliss-reactive ketones (excluding diaryl/α,β-unsaturated/α-hetero) is 1. The molecular formula is C20H19F2N5O3S. The molecule has 2 heterocycles. The van der Waals surface area contributed by atoms with Crippen LogP contribution in [0.3, 0.4) is 0 Å².